The molecule has 4 heteroatoms. The number of carbonyl (C=O) groups is 1. The zero-order valence-electron chi connectivity index (χ0n) is 25.1. The van der Waals surface area contributed by atoms with Crippen LogP contribution < -0.4 is 14.2 Å². The highest BCUT2D eigenvalue weighted by molar-refractivity contribution is 5.91. The Morgan fingerprint density at radius 3 is 1.76 bits per heavy atom. The highest BCUT2D eigenvalue weighted by atomic mass is 16.5. The second-order valence-electron chi connectivity index (χ2n) is 10.6. The van der Waals surface area contributed by atoms with Crippen LogP contribution in [-0.4, -0.2) is 18.7 Å². The minimum Gasteiger partial charge on any atom is -0.494 e. The molecule has 0 unspecified atom stereocenters. The molecule has 0 aliphatic rings. The van der Waals surface area contributed by atoms with Crippen molar-refractivity contribution in [1.29, 1.82) is 0 Å². The first-order valence-electron chi connectivity index (χ1n) is 15.4. The van der Waals surface area contributed by atoms with E-state index in [4.69, 9.17) is 14.2 Å². The number of hydrogen-bond donors (Lipinski definition) is 0. The van der Waals surface area contributed by atoms with Crippen molar-refractivity contribution in [2.45, 2.75) is 97.5 Å². The van der Waals surface area contributed by atoms with Crippen LogP contribution in [0.1, 0.15) is 113 Å². The summed E-state index contributed by atoms with van der Waals surface area (Å²) in [6, 6.07) is 22.3. The predicted octanol–water partition coefficient (Wildman–Crippen LogP) is 9.78. The Morgan fingerprint density at radius 2 is 1.15 bits per heavy atom. The zero-order chi connectivity index (χ0) is 29.1. The lowest BCUT2D eigenvalue weighted by molar-refractivity contribution is 0.0734. The maximum absolute atomic E-state index is 12.6. The average molecular weight is 555 g/mol. The molecule has 0 aromatic heterocycles. The largest absolute Gasteiger partial charge is 0.494 e. The Labute approximate surface area is 247 Å². The second-order valence-corrected chi connectivity index (χ2v) is 10.6. The molecule has 0 spiro atoms. The number of rotatable bonds is 17. The summed E-state index contributed by atoms with van der Waals surface area (Å²) in [6.45, 7) is 7.30. The van der Waals surface area contributed by atoms with Gasteiger partial charge < -0.3 is 14.2 Å². The highest BCUT2D eigenvalue weighted by Crippen LogP contribution is 2.19. The van der Waals surface area contributed by atoms with E-state index in [-0.39, 0.29) is 6.10 Å². The number of ether oxygens (including phenoxy) is 3. The van der Waals surface area contributed by atoms with Crippen molar-refractivity contribution in [3.63, 3.8) is 0 Å². The molecule has 0 fully saturated rings. The van der Waals surface area contributed by atoms with Gasteiger partial charge in [0.05, 0.1) is 18.3 Å². The van der Waals surface area contributed by atoms with Crippen LogP contribution in [-0.2, 0) is 0 Å². The van der Waals surface area contributed by atoms with Crippen LogP contribution in [0.25, 0.3) is 0 Å². The quantitative estimate of drug-likeness (QED) is 0.0721. The summed E-state index contributed by atoms with van der Waals surface area (Å²) in [7, 11) is 0. The molecular formula is C37H46O4. The Morgan fingerprint density at radius 1 is 0.634 bits per heavy atom. The molecule has 3 aromatic rings. The summed E-state index contributed by atoms with van der Waals surface area (Å²) in [6.07, 6.45) is 13.6. The summed E-state index contributed by atoms with van der Waals surface area (Å²) in [5, 5.41) is 0. The smallest absolute Gasteiger partial charge is 0.343 e. The van der Waals surface area contributed by atoms with Crippen LogP contribution >= 0.6 is 0 Å². The maximum Gasteiger partial charge on any atom is 0.343 e. The maximum atomic E-state index is 12.6. The van der Waals surface area contributed by atoms with Gasteiger partial charge in [-0.3, -0.25) is 0 Å². The fraction of sp³-hybridized carbons (Fsp3) is 0.432. The van der Waals surface area contributed by atoms with Crippen LogP contribution in [0.4, 0.5) is 0 Å². The normalized spacial score (nSPS) is 11.3. The van der Waals surface area contributed by atoms with E-state index >= 15 is 0 Å². The molecule has 0 saturated heterocycles. The number of carbonyl (C=O) groups excluding carboxylic acids is 1. The molecule has 218 valence electrons. The van der Waals surface area contributed by atoms with Crippen LogP contribution in [0, 0.1) is 11.8 Å². The number of benzene rings is 3. The number of hydrogen-bond acceptors (Lipinski definition) is 4. The molecule has 0 saturated carbocycles. The fourth-order valence-corrected chi connectivity index (χ4v) is 4.44. The van der Waals surface area contributed by atoms with Gasteiger partial charge >= 0.3 is 5.97 Å². The second kappa shape index (κ2) is 18.6. The lowest BCUT2D eigenvalue weighted by atomic mass is 10.1. The molecule has 0 radical (unpaired) electrons. The summed E-state index contributed by atoms with van der Waals surface area (Å²) < 4.78 is 17.4. The summed E-state index contributed by atoms with van der Waals surface area (Å²) in [5.41, 5.74) is 2.25. The van der Waals surface area contributed by atoms with E-state index in [0.29, 0.717) is 11.3 Å². The standard InChI is InChI=1S/C37H46O4/c1-4-6-8-10-11-13-29-39-34-23-17-31(18-24-34)15-16-32-19-25-36(26-20-32)41-37(38)33-21-27-35(28-22-33)40-30(3)14-12-9-7-5-2/h17-28,30H,4-14,29H2,1-3H3/t30-/m1/s1. The van der Waals surface area contributed by atoms with Gasteiger partial charge in [-0.05, 0) is 99.0 Å². The van der Waals surface area contributed by atoms with E-state index in [1.54, 1.807) is 24.3 Å². The van der Waals surface area contributed by atoms with E-state index in [0.717, 1.165) is 42.1 Å². The predicted molar refractivity (Wildman–Crippen MR) is 168 cm³/mol. The van der Waals surface area contributed by atoms with Crippen LogP contribution in [0.5, 0.6) is 17.2 Å². The Kier molecular flexibility index (Phi) is 14.4. The van der Waals surface area contributed by atoms with Crippen molar-refractivity contribution < 1.29 is 19.0 Å². The van der Waals surface area contributed by atoms with E-state index < -0.39 is 5.97 Å². The molecule has 0 amide bonds. The van der Waals surface area contributed by atoms with Gasteiger partial charge in [-0.2, -0.15) is 0 Å². The summed E-state index contributed by atoms with van der Waals surface area (Å²) in [4.78, 5) is 12.6. The van der Waals surface area contributed by atoms with Gasteiger partial charge in [0, 0.05) is 11.1 Å². The third-order valence-electron chi connectivity index (χ3n) is 6.93. The summed E-state index contributed by atoms with van der Waals surface area (Å²) >= 11 is 0. The lowest BCUT2D eigenvalue weighted by Crippen LogP contribution is -2.12. The van der Waals surface area contributed by atoms with Crippen molar-refractivity contribution in [1.82, 2.24) is 0 Å². The molecule has 3 aromatic carbocycles. The minimum atomic E-state index is -0.401. The van der Waals surface area contributed by atoms with Gasteiger partial charge in [0.1, 0.15) is 17.2 Å². The molecule has 4 nitrogen and oxygen atoms in total. The van der Waals surface area contributed by atoms with Crippen molar-refractivity contribution in [3.8, 4) is 29.1 Å². The minimum absolute atomic E-state index is 0.152. The Balaban J connectivity index is 1.41. The monoisotopic (exact) mass is 554 g/mol. The number of unbranched alkanes of at least 4 members (excludes halogenated alkanes) is 8. The summed E-state index contributed by atoms with van der Waals surface area (Å²) in [5.74, 6) is 8.07. The van der Waals surface area contributed by atoms with Gasteiger partial charge in [0.15, 0.2) is 0 Å². The first kappa shape index (κ1) is 31.8. The van der Waals surface area contributed by atoms with E-state index in [1.165, 1.54) is 57.8 Å². The number of esters is 1. The Hall–Kier alpha value is -3.71. The van der Waals surface area contributed by atoms with E-state index in [9.17, 15) is 4.79 Å². The first-order chi connectivity index (χ1) is 20.1. The third-order valence-corrected chi connectivity index (χ3v) is 6.93. The van der Waals surface area contributed by atoms with Gasteiger partial charge in [-0.1, -0.05) is 77.1 Å². The molecule has 3 rings (SSSR count). The van der Waals surface area contributed by atoms with E-state index in [2.05, 4.69) is 32.6 Å². The van der Waals surface area contributed by atoms with Gasteiger partial charge in [0.25, 0.3) is 0 Å². The average Bonchev–Trinajstić information content (AvgIpc) is 2.99. The molecule has 0 aliphatic heterocycles. The van der Waals surface area contributed by atoms with Crippen LogP contribution in [0.15, 0.2) is 72.8 Å². The Bertz CT molecular complexity index is 1200. The van der Waals surface area contributed by atoms with Gasteiger partial charge in [-0.25, -0.2) is 4.79 Å². The van der Waals surface area contributed by atoms with E-state index in [1.807, 2.05) is 48.5 Å². The van der Waals surface area contributed by atoms with Crippen molar-refractivity contribution in [3.05, 3.63) is 89.5 Å². The zero-order valence-corrected chi connectivity index (χ0v) is 25.1. The molecular weight excluding hydrogens is 508 g/mol. The van der Waals surface area contributed by atoms with Crippen LogP contribution in [0.2, 0.25) is 0 Å². The topological polar surface area (TPSA) is 44.8 Å². The molecule has 0 aliphatic carbocycles. The van der Waals surface area contributed by atoms with Crippen molar-refractivity contribution >= 4 is 5.97 Å². The van der Waals surface area contributed by atoms with Crippen molar-refractivity contribution in [2.75, 3.05) is 6.61 Å². The first-order valence-corrected chi connectivity index (χ1v) is 15.4. The molecule has 41 heavy (non-hydrogen) atoms. The molecule has 1 atom stereocenters. The van der Waals surface area contributed by atoms with Crippen molar-refractivity contribution in [2.24, 2.45) is 0 Å². The molecule has 0 heterocycles. The molecule has 0 N–H and O–H groups in total. The fourth-order valence-electron chi connectivity index (χ4n) is 4.44. The highest BCUT2D eigenvalue weighted by Gasteiger charge is 2.10. The molecule has 0 bridgehead atoms. The lowest BCUT2D eigenvalue weighted by Gasteiger charge is -2.14. The van der Waals surface area contributed by atoms with Crippen LogP contribution in [0.3, 0.4) is 0 Å². The SMILES string of the molecule is CCCCCCCCOc1ccc(C#Cc2ccc(OC(=O)c3ccc(O[C@H](C)CCCCCC)cc3)cc2)cc1. The van der Waals surface area contributed by atoms with Gasteiger partial charge in [0.2, 0.25) is 0 Å². The third kappa shape index (κ3) is 12.6. The van der Waals surface area contributed by atoms with Gasteiger partial charge in [-0.15, -0.1) is 0 Å².